The van der Waals surface area contributed by atoms with Crippen molar-refractivity contribution in [2.24, 2.45) is 0 Å². The topological polar surface area (TPSA) is 12.5 Å². The van der Waals surface area contributed by atoms with Crippen LogP contribution in [0.1, 0.15) is 45.7 Å². The SMILES string of the molecule is C=C(c1ccc([Si](C)(C)C)cc1)c1ccc([Si](C)(O[Si](C)(C)C(C)(C)C)N(CC)CC)cc1. The zero-order valence-electron chi connectivity index (χ0n) is 23.1. The molecule has 33 heavy (non-hydrogen) atoms. The van der Waals surface area contributed by atoms with Gasteiger partial charge in [-0.1, -0.05) is 115 Å². The van der Waals surface area contributed by atoms with E-state index in [1.54, 1.807) is 0 Å². The van der Waals surface area contributed by atoms with Gasteiger partial charge in [-0.25, -0.2) is 0 Å². The van der Waals surface area contributed by atoms with Crippen LogP contribution in [0.3, 0.4) is 0 Å². The van der Waals surface area contributed by atoms with E-state index < -0.39 is 24.9 Å². The number of benzene rings is 2. The number of rotatable bonds is 9. The molecule has 0 saturated carbocycles. The maximum atomic E-state index is 7.23. The van der Waals surface area contributed by atoms with Crippen molar-refractivity contribution in [3.8, 4) is 0 Å². The van der Waals surface area contributed by atoms with Crippen LogP contribution >= 0.6 is 0 Å². The number of hydrogen-bond acceptors (Lipinski definition) is 2. The molecule has 5 heteroatoms. The Bertz CT molecular complexity index is 933. The predicted octanol–water partition coefficient (Wildman–Crippen LogP) is 6.94. The van der Waals surface area contributed by atoms with E-state index in [4.69, 9.17) is 4.12 Å². The lowest BCUT2D eigenvalue weighted by atomic mass is 10.00. The van der Waals surface area contributed by atoms with Gasteiger partial charge in [0, 0.05) is 0 Å². The Morgan fingerprint density at radius 2 is 1.15 bits per heavy atom. The van der Waals surface area contributed by atoms with Crippen LogP contribution in [0.4, 0.5) is 0 Å². The van der Waals surface area contributed by atoms with Crippen molar-refractivity contribution in [2.75, 3.05) is 13.1 Å². The van der Waals surface area contributed by atoms with Crippen molar-refractivity contribution in [3.63, 3.8) is 0 Å². The van der Waals surface area contributed by atoms with Gasteiger partial charge in [0.25, 0.3) is 8.48 Å². The van der Waals surface area contributed by atoms with E-state index in [2.05, 4.69) is 134 Å². The molecule has 182 valence electrons. The lowest BCUT2D eigenvalue weighted by molar-refractivity contribution is 0.367. The first-order valence-corrected chi connectivity index (χ1v) is 21.2. The Morgan fingerprint density at radius 1 is 0.758 bits per heavy atom. The molecule has 0 bridgehead atoms. The van der Waals surface area contributed by atoms with E-state index >= 15 is 0 Å². The molecule has 1 atom stereocenters. The Kier molecular flexibility index (Phi) is 8.62. The van der Waals surface area contributed by atoms with Crippen LogP contribution in [0.15, 0.2) is 55.1 Å². The summed E-state index contributed by atoms with van der Waals surface area (Å²) in [5.41, 5.74) is 3.47. The van der Waals surface area contributed by atoms with E-state index in [0.717, 1.165) is 18.7 Å². The normalized spacial score (nSPS) is 14.9. The molecule has 0 aliphatic carbocycles. The summed E-state index contributed by atoms with van der Waals surface area (Å²) < 4.78 is 9.81. The van der Waals surface area contributed by atoms with Crippen LogP contribution in [0.25, 0.3) is 5.57 Å². The lowest BCUT2D eigenvalue weighted by Crippen LogP contribution is -2.67. The molecule has 2 aromatic rings. The van der Waals surface area contributed by atoms with Crippen LogP contribution in [0, 0.1) is 0 Å². The van der Waals surface area contributed by atoms with E-state index in [1.807, 2.05) is 0 Å². The standard InChI is InChI=1S/C28H47NOSi3/c1-13-29(14-2)33(12,30-32(10,11)28(4,5)6)27-21-17-25(18-22-27)23(3)24-15-19-26(20-16-24)31(7,8)9/h15-22H,3,13-14H2,1-2,4-12H3. The third-order valence-electron chi connectivity index (χ3n) is 7.50. The van der Waals surface area contributed by atoms with E-state index in [1.165, 1.54) is 21.5 Å². The first-order chi connectivity index (χ1) is 15.1. The predicted molar refractivity (Wildman–Crippen MR) is 156 cm³/mol. The van der Waals surface area contributed by atoms with Crippen LogP contribution in [0.5, 0.6) is 0 Å². The van der Waals surface area contributed by atoms with Gasteiger partial charge >= 0.3 is 0 Å². The first-order valence-electron chi connectivity index (χ1n) is 12.4. The molecule has 2 rings (SSSR count). The molecular formula is C28H47NOSi3. The van der Waals surface area contributed by atoms with Gasteiger partial charge < -0.3 is 8.68 Å². The molecule has 0 saturated heterocycles. The van der Waals surface area contributed by atoms with Gasteiger partial charge in [-0.2, -0.15) is 0 Å². The summed E-state index contributed by atoms with van der Waals surface area (Å²) in [6.07, 6.45) is 0. The third-order valence-corrected chi connectivity index (χ3v) is 20.0. The first kappa shape index (κ1) is 28.0. The highest BCUT2D eigenvalue weighted by molar-refractivity contribution is 6.92. The maximum Gasteiger partial charge on any atom is 0.291 e. The minimum Gasteiger partial charge on any atom is -0.441 e. The largest absolute Gasteiger partial charge is 0.441 e. The molecule has 2 aromatic carbocycles. The van der Waals surface area contributed by atoms with Gasteiger partial charge in [-0.05, 0) is 59.7 Å². The zero-order chi connectivity index (χ0) is 25.2. The third kappa shape index (κ3) is 6.25. The molecule has 0 aliphatic rings. The summed E-state index contributed by atoms with van der Waals surface area (Å²) >= 11 is 0. The molecular weight excluding hydrogens is 451 g/mol. The van der Waals surface area contributed by atoms with Gasteiger partial charge in [-0.3, -0.25) is 0 Å². The van der Waals surface area contributed by atoms with Crippen LogP contribution in [0.2, 0.25) is 44.3 Å². The molecule has 0 fully saturated rings. The second-order valence-electron chi connectivity index (χ2n) is 11.9. The second kappa shape index (κ2) is 10.2. The average molecular weight is 498 g/mol. The van der Waals surface area contributed by atoms with Crippen LogP contribution in [-0.4, -0.2) is 42.5 Å². The van der Waals surface area contributed by atoms with Gasteiger partial charge in [0.05, 0.1) is 8.07 Å². The minimum atomic E-state index is -2.30. The molecule has 0 N–H and O–H groups in total. The fraction of sp³-hybridized carbons (Fsp3) is 0.500. The molecule has 0 spiro atoms. The van der Waals surface area contributed by atoms with E-state index in [-0.39, 0.29) is 5.04 Å². The van der Waals surface area contributed by atoms with Gasteiger partial charge in [-0.15, -0.1) is 0 Å². The zero-order valence-corrected chi connectivity index (χ0v) is 26.1. The summed E-state index contributed by atoms with van der Waals surface area (Å²) in [5.74, 6) is 0. The van der Waals surface area contributed by atoms with Crippen molar-refractivity contribution in [1.82, 2.24) is 4.57 Å². The Balaban J connectivity index is 2.40. The molecule has 0 radical (unpaired) electrons. The lowest BCUT2D eigenvalue weighted by Gasteiger charge is -2.47. The molecule has 0 aromatic heterocycles. The van der Waals surface area contributed by atoms with Gasteiger partial charge in [0.1, 0.15) is 0 Å². The summed E-state index contributed by atoms with van der Waals surface area (Å²) in [5, 5.41) is 3.02. The number of nitrogens with zero attached hydrogens (tertiary/aromatic N) is 1. The van der Waals surface area contributed by atoms with Crippen molar-refractivity contribution in [2.45, 2.75) is 78.9 Å². The Morgan fingerprint density at radius 3 is 1.48 bits per heavy atom. The van der Waals surface area contributed by atoms with Gasteiger partial charge in [0.15, 0.2) is 8.32 Å². The van der Waals surface area contributed by atoms with Crippen molar-refractivity contribution in [3.05, 3.63) is 66.2 Å². The summed E-state index contributed by atoms with van der Waals surface area (Å²) in [6.45, 7) is 32.2. The van der Waals surface area contributed by atoms with Crippen molar-refractivity contribution >= 4 is 40.8 Å². The minimum absolute atomic E-state index is 0.185. The highest BCUT2D eigenvalue weighted by Crippen LogP contribution is 2.39. The highest BCUT2D eigenvalue weighted by Gasteiger charge is 2.47. The Hall–Kier alpha value is -1.25. The van der Waals surface area contributed by atoms with E-state index in [9.17, 15) is 0 Å². The van der Waals surface area contributed by atoms with Crippen molar-refractivity contribution < 1.29 is 4.12 Å². The fourth-order valence-corrected chi connectivity index (χ4v) is 13.8. The summed E-state index contributed by atoms with van der Waals surface area (Å²) in [6, 6.07) is 18.1. The molecule has 1 unspecified atom stereocenters. The fourth-order valence-electron chi connectivity index (χ4n) is 4.10. The second-order valence-corrected chi connectivity index (χ2v) is 25.5. The quantitative estimate of drug-likeness (QED) is 0.348. The van der Waals surface area contributed by atoms with Crippen LogP contribution in [-0.2, 0) is 4.12 Å². The van der Waals surface area contributed by atoms with Crippen LogP contribution < -0.4 is 10.4 Å². The molecule has 0 amide bonds. The Labute approximate surface area is 207 Å². The number of hydrogen-bond donors (Lipinski definition) is 0. The molecule has 2 nitrogen and oxygen atoms in total. The molecule has 0 aliphatic heterocycles. The summed E-state index contributed by atoms with van der Waals surface area (Å²) in [7, 11) is -5.51. The average Bonchev–Trinajstić information content (AvgIpc) is 2.72. The summed E-state index contributed by atoms with van der Waals surface area (Å²) in [4.78, 5) is 0. The van der Waals surface area contributed by atoms with E-state index in [0.29, 0.717) is 0 Å². The molecule has 0 heterocycles. The highest BCUT2D eigenvalue weighted by atomic mass is 28.4. The smallest absolute Gasteiger partial charge is 0.291 e. The van der Waals surface area contributed by atoms with Gasteiger partial charge in [0.2, 0.25) is 0 Å². The maximum absolute atomic E-state index is 7.23. The van der Waals surface area contributed by atoms with Crippen molar-refractivity contribution in [1.29, 1.82) is 0 Å². The monoisotopic (exact) mass is 497 g/mol.